The van der Waals surface area contributed by atoms with Gasteiger partial charge in [0, 0.05) is 0 Å². The van der Waals surface area contributed by atoms with Gasteiger partial charge >= 0.3 is 70.1 Å². The molecule has 0 unspecified atom stereocenters. The predicted octanol–water partition coefficient (Wildman–Crippen LogP) is -2.95. The quantitative estimate of drug-likeness (QED) is 0.400. The van der Waals surface area contributed by atoms with Gasteiger partial charge in [0.25, 0.3) is 0 Å². The zero-order chi connectivity index (χ0) is 4.24. The van der Waals surface area contributed by atoms with Crippen molar-refractivity contribution >= 4 is 65.9 Å². The molecule has 1 aliphatic heterocycles. The van der Waals surface area contributed by atoms with Crippen molar-refractivity contribution < 1.29 is 4.23 Å². The van der Waals surface area contributed by atoms with E-state index in [1.165, 1.54) is 0 Å². The van der Waals surface area contributed by atoms with Gasteiger partial charge in [-0.3, -0.25) is 0 Å². The fourth-order valence-electron chi connectivity index (χ4n) is 0.279. The molecule has 6 heavy (non-hydrogen) atoms. The summed E-state index contributed by atoms with van der Waals surface area (Å²) in [6.07, 6.45) is 0. The second kappa shape index (κ2) is 4.18. The van der Waals surface area contributed by atoms with Crippen molar-refractivity contribution in [2.45, 2.75) is 0 Å². The van der Waals surface area contributed by atoms with E-state index in [2.05, 4.69) is 0 Å². The minimum atomic E-state index is -0.937. The first-order valence-electron chi connectivity index (χ1n) is 1.73. The van der Waals surface area contributed by atoms with E-state index in [-0.39, 0.29) is 0 Å². The average molecular weight is 410 g/mol. The molecule has 6 heteroatoms. The van der Waals surface area contributed by atoms with Crippen molar-refractivity contribution in [3.8, 4) is 0 Å². The molecule has 0 amide bonds. The molecular weight excluding hydrogens is 404 g/mol. The Morgan fingerprint density at radius 2 is 1.00 bits per heavy atom. The number of rotatable bonds is 0. The van der Waals surface area contributed by atoms with Crippen LogP contribution in [0.15, 0.2) is 0 Å². The standard InChI is InChI=1S/3O.3Sn.6H. The summed E-state index contributed by atoms with van der Waals surface area (Å²) in [7, 11) is 0. The first-order chi connectivity index (χ1) is 3.00. The van der Waals surface area contributed by atoms with Crippen molar-refractivity contribution in [3.05, 3.63) is 0 Å². The summed E-state index contributed by atoms with van der Waals surface area (Å²) in [5.41, 5.74) is 0. The van der Waals surface area contributed by atoms with Crippen molar-refractivity contribution in [1.82, 2.24) is 0 Å². The zero-order valence-electron chi connectivity index (χ0n) is 3.35. The molecule has 0 saturated carbocycles. The van der Waals surface area contributed by atoms with Crippen LogP contribution in [0.25, 0.3) is 0 Å². The molecule has 3 nitrogen and oxygen atoms in total. The molecule has 0 bridgehead atoms. The van der Waals surface area contributed by atoms with Gasteiger partial charge in [-0.15, -0.1) is 0 Å². The first-order valence-corrected chi connectivity index (χ1v) is 11.6. The van der Waals surface area contributed by atoms with Crippen LogP contribution in [0.4, 0.5) is 0 Å². The van der Waals surface area contributed by atoms with Crippen molar-refractivity contribution in [3.63, 3.8) is 0 Å². The molecule has 0 spiro atoms. The molecule has 1 fully saturated rings. The summed E-state index contributed by atoms with van der Waals surface area (Å²) < 4.78 is 15.3. The van der Waals surface area contributed by atoms with E-state index in [0.29, 0.717) is 0 Å². The Morgan fingerprint density at radius 3 is 1.17 bits per heavy atom. The molecule has 0 aliphatic carbocycles. The van der Waals surface area contributed by atoms with Crippen molar-refractivity contribution in [1.29, 1.82) is 0 Å². The van der Waals surface area contributed by atoms with E-state index < -0.39 is 65.9 Å². The molecule has 0 aromatic rings. The van der Waals surface area contributed by atoms with Crippen LogP contribution < -0.4 is 0 Å². The third-order valence-corrected chi connectivity index (χ3v) is 22.5. The summed E-state index contributed by atoms with van der Waals surface area (Å²) in [5.74, 6) is 0. The molecule has 1 heterocycles. The van der Waals surface area contributed by atoms with E-state index in [1.54, 1.807) is 0 Å². The summed E-state index contributed by atoms with van der Waals surface area (Å²) >= 11 is -2.81. The molecule has 0 aromatic carbocycles. The van der Waals surface area contributed by atoms with Gasteiger partial charge in [-0.25, -0.2) is 0 Å². The van der Waals surface area contributed by atoms with Gasteiger partial charge < -0.3 is 0 Å². The Hall–Kier alpha value is 2.28. The molecule has 36 valence electrons. The molecule has 1 aliphatic rings. The summed E-state index contributed by atoms with van der Waals surface area (Å²) in [4.78, 5) is 0. The van der Waals surface area contributed by atoms with E-state index in [0.717, 1.165) is 0 Å². The maximum absolute atomic E-state index is 5.10. The Morgan fingerprint density at radius 1 is 0.667 bits per heavy atom. The topological polar surface area (TPSA) is 27.7 Å². The van der Waals surface area contributed by atoms with Crippen molar-refractivity contribution in [2.24, 2.45) is 0 Å². The fraction of sp³-hybridized carbons (Fsp3) is 0. The van der Waals surface area contributed by atoms with Crippen LogP contribution in [0.3, 0.4) is 0 Å². The molecular formula is H6O3Sn3. The maximum atomic E-state index is 5.10. The molecule has 0 aromatic heterocycles. The third-order valence-electron chi connectivity index (χ3n) is 0.500. The first kappa shape index (κ1) is 6.40. The summed E-state index contributed by atoms with van der Waals surface area (Å²) in [6, 6.07) is 0. The predicted molar refractivity (Wildman–Crippen MR) is 28.9 cm³/mol. The Kier molecular flexibility index (Phi) is 4.46. The summed E-state index contributed by atoms with van der Waals surface area (Å²) in [6.45, 7) is 0. The van der Waals surface area contributed by atoms with Gasteiger partial charge in [0.15, 0.2) is 0 Å². The van der Waals surface area contributed by atoms with E-state index in [4.69, 9.17) is 4.23 Å². The third kappa shape index (κ3) is 2.55. The normalized spacial score (nSPS) is 36.0. The van der Waals surface area contributed by atoms with Gasteiger partial charge in [0.2, 0.25) is 0 Å². The van der Waals surface area contributed by atoms with Crippen LogP contribution in [0.5, 0.6) is 0 Å². The van der Waals surface area contributed by atoms with Gasteiger partial charge in [-0.05, 0) is 0 Å². The SMILES string of the molecule is [O]1[SnH2][O][SnH2][O][SnH2]1. The minimum absolute atomic E-state index is 0.937. The molecule has 0 radical (unpaired) electrons. The number of hydrogen-bond acceptors (Lipinski definition) is 3. The van der Waals surface area contributed by atoms with E-state index in [9.17, 15) is 0 Å². The molecule has 1 saturated heterocycles. The Balaban J connectivity index is 2.00. The monoisotopic (exact) mass is 414 g/mol. The van der Waals surface area contributed by atoms with Crippen LogP contribution >= 0.6 is 0 Å². The zero-order valence-corrected chi connectivity index (χ0v) is 15.5. The van der Waals surface area contributed by atoms with Gasteiger partial charge in [0.05, 0.1) is 0 Å². The van der Waals surface area contributed by atoms with Crippen LogP contribution in [0.1, 0.15) is 0 Å². The summed E-state index contributed by atoms with van der Waals surface area (Å²) in [5, 5.41) is 0. The van der Waals surface area contributed by atoms with Crippen LogP contribution in [0.2, 0.25) is 0 Å². The van der Waals surface area contributed by atoms with E-state index in [1.807, 2.05) is 0 Å². The van der Waals surface area contributed by atoms with Crippen molar-refractivity contribution in [2.75, 3.05) is 0 Å². The fourth-order valence-corrected chi connectivity index (χ4v) is 58.0. The second-order valence-corrected chi connectivity index (χ2v) is 29.9. The van der Waals surface area contributed by atoms with Crippen LogP contribution in [-0.2, 0) is 4.23 Å². The number of hydrogen-bond donors (Lipinski definition) is 0. The van der Waals surface area contributed by atoms with Gasteiger partial charge in [-0.1, -0.05) is 0 Å². The molecule has 0 atom stereocenters. The van der Waals surface area contributed by atoms with Gasteiger partial charge in [-0.2, -0.15) is 0 Å². The Bertz CT molecular complexity index is 21.5. The van der Waals surface area contributed by atoms with E-state index >= 15 is 0 Å². The molecule has 0 N–H and O–H groups in total. The second-order valence-electron chi connectivity index (χ2n) is 0.966. The average Bonchev–Trinajstić information content (AvgIpc) is 1.72. The molecule has 1 rings (SSSR count). The van der Waals surface area contributed by atoms with Crippen LogP contribution in [-0.4, -0.2) is 65.9 Å². The Labute approximate surface area is 69.0 Å². The van der Waals surface area contributed by atoms with Crippen LogP contribution in [0, 0.1) is 0 Å². The van der Waals surface area contributed by atoms with Gasteiger partial charge in [0.1, 0.15) is 0 Å².